The number of carbonyl (C=O) groups excluding carboxylic acids is 4. The van der Waals surface area contributed by atoms with E-state index in [4.69, 9.17) is 47.4 Å². The van der Waals surface area contributed by atoms with E-state index in [2.05, 4.69) is 0 Å². The zero-order chi connectivity index (χ0) is 47.4. The lowest BCUT2D eigenvalue weighted by atomic mass is 9.98. The van der Waals surface area contributed by atoms with Gasteiger partial charge in [-0.1, -0.05) is 18.2 Å². The van der Waals surface area contributed by atoms with Gasteiger partial charge in [-0.3, -0.25) is 4.79 Å². The van der Waals surface area contributed by atoms with E-state index in [1.807, 2.05) is 0 Å². The number of esters is 4. The van der Waals surface area contributed by atoms with Crippen LogP contribution in [0, 0.1) is 0 Å². The van der Waals surface area contributed by atoms with E-state index in [1.54, 1.807) is 18.2 Å². The minimum absolute atomic E-state index is 0.126. The maximum atomic E-state index is 13.3. The topological polar surface area (TPSA) is 302 Å². The fourth-order valence-electron chi connectivity index (χ4n) is 6.58. The lowest BCUT2D eigenvalue weighted by Gasteiger charge is -2.44. The molecule has 2 heterocycles. The molecule has 0 spiro atoms. The van der Waals surface area contributed by atoms with Crippen molar-refractivity contribution >= 4 is 42.1 Å². The van der Waals surface area contributed by atoms with Gasteiger partial charge in [-0.25, -0.2) is 14.4 Å². The van der Waals surface area contributed by atoms with Crippen molar-refractivity contribution in [2.75, 3.05) is 41.2 Å². The molecule has 7 N–H and O–H groups in total. The van der Waals surface area contributed by atoms with E-state index in [9.17, 15) is 54.9 Å². The predicted molar refractivity (Wildman–Crippen MR) is 221 cm³/mol. The summed E-state index contributed by atoms with van der Waals surface area (Å²) < 4.78 is 53.9. The third kappa shape index (κ3) is 12.2. The molecule has 3 aromatic rings. The number of hydrogen-bond donors (Lipinski definition) is 7. The van der Waals surface area contributed by atoms with Crippen LogP contribution in [0.25, 0.3) is 18.2 Å². The highest BCUT2D eigenvalue weighted by Crippen LogP contribution is 2.39. The molecular weight excluding hydrogens is 864 g/mol. The first-order valence-corrected chi connectivity index (χ1v) is 19.6. The molecule has 0 bridgehead atoms. The monoisotopic (exact) mass is 912 g/mol. The molecule has 9 atom stereocenters. The second-order valence-corrected chi connectivity index (χ2v) is 14.1. The van der Waals surface area contributed by atoms with Crippen molar-refractivity contribution in [3.05, 3.63) is 89.5 Å². The van der Waals surface area contributed by atoms with E-state index in [1.165, 1.54) is 76.0 Å². The molecule has 350 valence electrons. The van der Waals surface area contributed by atoms with Crippen molar-refractivity contribution in [1.82, 2.24) is 0 Å². The first-order valence-electron chi connectivity index (χ1n) is 19.6. The number of aliphatic hydroxyl groups is 6. The third-order valence-electron chi connectivity index (χ3n) is 9.79. The number of methoxy groups -OCH3 is 3. The van der Waals surface area contributed by atoms with Gasteiger partial charge >= 0.3 is 23.9 Å². The Morgan fingerprint density at radius 1 is 0.631 bits per heavy atom. The number of aromatic hydroxyl groups is 1. The molecule has 21 nitrogen and oxygen atoms in total. The van der Waals surface area contributed by atoms with Crippen molar-refractivity contribution in [3.63, 3.8) is 0 Å². The summed E-state index contributed by atoms with van der Waals surface area (Å²) in [7, 11) is 4.28. The lowest BCUT2D eigenvalue weighted by molar-refractivity contribution is -0.383. The van der Waals surface area contributed by atoms with Crippen LogP contribution in [0.2, 0.25) is 0 Å². The van der Waals surface area contributed by atoms with Gasteiger partial charge in [0.05, 0.1) is 34.5 Å². The summed E-state index contributed by atoms with van der Waals surface area (Å²) in [4.78, 5) is 51.1. The first-order chi connectivity index (χ1) is 31.1. The molecule has 2 fully saturated rings. The van der Waals surface area contributed by atoms with Crippen LogP contribution in [-0.4, -0.2) is 156 Å². The molecule has 21 heteroatoms. The Balaban J connectivity index is 1.38. The van der Waals surface area contributed by atoms with Gasteiger partial charge in [-0.05, 0) is 71.3 Å². The Labute approximate surface area is 370 Å². The summed E-state index contributed by atoms with van der Waals surface area (Å²) in [6, 6.07) is 13.1. The minimum Gasteiger partial charge on any atom is -0.504 e. The Kier molecular flexibility index (Phi) is 17.2. The van der Waals surface area contributed by atoms with Gasteiger partial charge < -0.3 is 83.1 Å². The van der Waals surface area contributed by atoms with Crippen molar-refractivity contribution in [2.24, 2.45) is 0 Å². The molecular formula is C44H48O21. The molecule has 0 amide bonds. The number of benzene rings is 3. The zero-order valence-corrected chi connectivity index (χ0v) is 35.2. The number of carbonyl (C=O) groups is 4. The molecule has 65 heavy (non-hydrogen) atoms. The Hall–Kier alpha value is -6.40. The van der Waals surface area contributed by atoms with Crippen LogP contribution in [0.3, 0.4) is 0 Å². The van der Waals surface area contributed by atoms with Crippen LogP contribution in [0.5, 0.6) is 34.5 Å². The smallest absolute Gasteiger partial charge is 0.336 e. The van der Waals surface area contributed by atoms with Crippen LogP contribution in [0.1, 0.15) is 23.6 Å². The van der Waals surface area contributed by atoms with Crippen molar-refractivity contribution in [3.8, 4) is 34.5 Å². The van der Waals surface area contributed by atoms with E-state index in [-0.39, 0.29) is 28.6 Å². The Morgan fingerprint density at radius 2 is 1.15 bits per heavy atom. The van der Waals surface area contributed by atoms with E-state index in [0.717, 1.165) is 25.2 Å². The van der Waals surface area contributed by atoms with E-state index >= 15 is 0 Å². The molecule has 0 aliphatic carbocycles. The number of ether oxygens (including phenoxy) is 10. The van der Waals surface area contributed by atoms with Crippen LogP contribution in [-0.2, 0) is 42.9 Å². The molecule has 2 aliphatic rings. The number of phenols is 1. The van der Waals surface area contributed by atoms with Gasteiger partial charge in [0.2, 0.25) is 5.79 Å². The normalized spacial score (nSPS) is 25.4. The van der Waals surface area contributed by atoms with Crippen LogP contribution in [0.15, 0.2) is 72.8 Å². The second kappa shape index (κ2) is 22.5. The van der Waals surface area contributed by atoms with Gasteiger partial charge in [-0.2, -0.15) is 0 Å². The van der Waals surface area contributed by atoms with E-state index < -0.39 is 98.5 Å². The Morgan fingerprint density at radius 3 is 1.71 bits per heavy atom. The molecule has 2 saturated heterocycles. The molecule has 0 saturated carbocycles. The molecule has 0 unspecified atom stereocenters. The van der Waals surface area contributed by atoms with Gasteiger partial charge in [0, 0.05) is 25.2 Å². The number of rotatable bonds is 18. The fourth-order valence-corrected chi connectivity index (χ4v) is 6.58. The maximum Gasteiger partial charge on any atom is 0.336 e. The minimum atomic E-state index is -2.55. The summed E-state index contributed by atoms with van der Waals surface area (Å²) in [6.07, 6.45) is -7.15. The van der Waals surface area contributed by atoms with Crippen molar-refractivity contribution in [1.29, 1.82) is 0 Å². The largest absolute Gasteiger partial charge is 0.504 e. The summed E-state index contributed by atoms with van der Waals surface area (Å²) in [6.45, 7) is -1.92. The van der Waals surface area contributed by atoms with Crippen molar-refractivity contribution in [2.45, 2.75) is 61.7 Å². The van der Waals surface area contributed by atoms with Crippen LogP contribution >= 0.6 is 0 Å². The number of phenolic OH excluding ortho intramolecular Hbond substituents is 1. The lowest BCUT2D eigenvalue weighted by Crippen LogP contribution is -2.63. The standard InChI is InChI=1S/C44H48O21/c1-23(48)59-41-38(53)33(20-45)62-43(40(41)55)65-44(22-47)42(39(54)34(21-46)64-44)63-37(52)16-10-26-7-13-29(60-35(50)14-9-25-6-12-28(56-2)31(18-25)58-4)32(19-26)61-36(51)15-8-24-5-11-27(49)30(17-24)57-3/h5-19,33-34,38-43,45-47,49,53-55H,20-22H2,1-4H3/t33-,34-,38-,39-,40-,41+,42+,43-,44+/m1/s1. The molecule has 3 aromatic carbocycles. The number of aliphatic hydroxyl groups excluding tert-OH is 6. The van der Waals surface area contributed by atoms with E-state index in [0.29, 0.717) is 22.6 Å². The van der Waals surface area contributed by atoms with Gasteiger partial charge in [0.1, 0.15) is 37.1 Å². The molecule has 0 radical (unpaired) electrons. The molecule has 0 aromatic heterocycles. The SMILES string of the molecule is COc1cc(C=CC(=O)Oc2cc(C=CC(=O)O[C@H]3[C@H](O)[C@@H](CO)O[C@@]3(CO)O[C@H]3O[C@H](CO)[C@@H](O)[C@H](OC(C)=O)[C@H]3O)ccc2OC(=O)C=Cc2ccc(OC)c(OC)c2)ccc1O. The molecule has 2 aliphatic heterocycles. The summed E-state index contributed by atoms with van der Waals surface area (Å²) in [5.74, 6) is -6.07. The summed E-state index contributed by atoms with van der Waals surface area (Å²) in [5.41, 5.74) is 1.19. The van der Waals surface area contributed by atoms with Gasteiger partial charge in [0.25, 0.3) is 0 Å². The highest BCUT2D eigenvalue weighted by Gasteiger charge is 2.61. The maximum absolute atomic E-state index is 13.3. The number of hydrogen-bond acceptors (Lipinski definition) is 21. The van der Waals surface area contributed by atoms with Crippen molar-refractivity contribution < 1.29 is 102 Å². The zero-order valence-electron chi connectivity index (χ0n) is 35.2. The van der Waals surface area contributed by atoms with Gasteiger partial charge in [0.15, 0.2) is 53.0 Å². The van der Waals surface area contributed by atoms with Crippen LogP contribution in [0.4, 0.5) is 0 Å². The molecule has 5 rings (SSSR count). The summed E-state index contributed by atoms with van der Waals surface area (Å²) in [5, 5.41) is 72.6. The predicted octanol–water partition coefficient (Wildman–Crippen LogP) is 0.409. The Bertz CT molecular complexity index is 2250. The highest BCUT2D eigenvalue weighted by molar-refractivity contribution is 5.92. The highest BCUT2D eigenvalue weighted by atomic mass is 16.8. The summed E-state index contributed by atoms with van der Waals surface area (Å²) >= 11 is 0. The van der Waals surface area contributed by atoms with Crippen LogP contribution < -0.4 is 23.7 Å². The quantitative estimate of drug-likeness (QED) is 0.0516. The van der Waals surface area contributed by atoms with Gasteiger partial charge in [-0.15, -0.1) is 0 Å². The fraction of sp³-hybridized carbons (Fsp3) is 0.364. The second-order valence-electron chi connectivity index (χ2n) is 14.1. The average Bonchev–Trinajstić information content (AvgIpc) is 3.56. The third-order valence-corrected chi connectivity index (χ3v) is 9.79. The first kappa shape index (κ1) is 49.6. The average molecular weight is 913 g/mol.